The maximum absolute atomic E-state index is 11.8. The number of amides is 1. The zero-order chi connectivity index (χ0) is 11.1. The van der Waals surface area contributed by atoms with Crippen molar-refractivity contribution >= 4 is 16.8 Å². The van der Waals surface area contributed by atoms with Crippen LogP contribution < -0.4 is 10.1 Å². The average molecular weight is 216 g/mol. The number of carbonyl (C=O) groups is 1. The number of para-hydroxylation sites is 1. The predicted molar refractivity (Wildman–Crippen MR) is 60.8 cm³/mol. The minimum Gasteiger partial charge on any atom is -0.494 e. The summed E-state index contributed by atoms with van der Waals surface area (Å²) in [5.74, 6) is 0.618. The van der Waals surface area contributed by atoms with Gasteiger partial charge in [0.2, 0.25) is 0 Å². The van der Waals surface area contributed by atoms with Crippen LogP contribution in [0.1, 0.15) is 10.5 Å². The van der Waals surface area contributed by atoms with Crippen LogP contribution in [0.3, 0.4) is 0 Å². The number of rotatable bonds is 1. The van der Waals surface area contributed by atoms with Gasteiger partial charge in [-0.25, -0.2) is 0 Å². The van der Waals surface area contributed by atoms with Crippen LogP contribution in [-0.4, -0.2) is 24.1 Å². The molecule has 82 valence electrons. The van der Waals surface area contributed by atoms with Gasteiger partial charge in [0.05, 0.1) is 12.6 Å². The van der Waals surface area contributed by atoms with Crippen molar-refractivity contribution in [2.45, 2.75) is 6.54 Å². The van der Waals surface area contributed by atoms with Crippen molar-refractivity contribution in [3.05, 3.63) is 30.0 Å². The molecule has 4 heteroatoms. The smallest absolute Gasteiger partial charge is 0.271 e. The van der Waals surface area contributed by atoms with Crippen LogP contribution in [0.5, 0.6) is 5.75 Å². The summed E-state index contributed by atoms with van der Waals surface area (Å²) >= 11 is 0. The van der Waals surface area contributed by atoms with E-state index in [9.17, 15) is 4.79 Å². The molecule has 0 spiro atoms. The van der Waals surface area contributed by atoms with E-state index in [-0.39, 0.29) is 5.91 Å². The van der Waals surface area contributed by atoms with Crippen molar-refractivity contribution in [3.63, 3.8) is 0 Å². The standard InChI is InChI=1S/C12H12N2O2/c1-16-11-8-4-2-3-5-9(8)14-7-6-13-12(15)10(11)14/h2-5H,6-7H2,1H3,(H,13,15). The number of nitrogens with one attached hydrogen (secondary N) is 1. The first-order valence-corrected chi connectivity index (χ1v) is 5.26. The lowest BCUT2D eigenvalue weighted by atomic mass is 10.2. The molecule has 0 saturated heterocycles. The van der Waals surface area contributed by atoms with Crippen LogP contribution in [0.4, 0.5) is 0 Å². The normalized spacial score (nSPS) is 14.7. The molecule has 2 heterocycles. The summed E-state index contributed by atoms with van der Waals surface area (Å²) in [7, 11) is 1.60. The van der Waals surface area contributed by atoms with E-state index < -0.39 is 0 Å². The Morgan fingerprint density at radius 1 is 1.38 bits per heavy atom. The number of aromatic nitrogens is 1. The fraction of sp³-hybridized carbons (Fsp3) is 0.250. The topological polar surface area (TPSA) is 43.3 Å². The van der Waals surface area contributed by atoms with Crippen molar-refractivity contribution in [2.75, 3.05) is 13.7 Å². The number of nitrogens with zero attached hydrogens (tertiary/aromatic N) is 1. The molecule has 1 N–H and O–H groups in total. The fourth-order valence-electron chi connectivity index (χ4n) is 2.30. The maximum atomic E-state index is 11.8. The van der Waals surface area contributed by atoms with Crippen molar-refractivity contribution in [1.29, 1.82) is 0 Å². The first kappa shape index (κ1) is 9.27. The third-order valence-electron chi connectivity index (χ3n) is 2.96. The lowest BCUT2D eigenvalue weighted by molar-refractivity contribution is 0.0925. The number of carbonyl (C=O) groups excluding carboxylic acids is 1. The first-order valence-electron chi connectivity index (χ1n) is 5.26. The molecule has 1 aromatic carbocycles. The van der Waals surface area contributed by atoms with Crippen LogP contribution in [0, 0.1) is 0 Å². The van der Waals surface area contributed by atoms with E-state index in [2.05, 4.69) is 5.32 Å². The van der Waals surface area contributed by atoms with E-state index in [0.717, 1.165) is 17.4 Å². The quantitative estimate of drug-likeness (QED) is 0.782. The molecule has 0 radical (unpaired) electrons. The molecule has 1 aliphatic heterocycles. The fourth-order valence-corrected chi connectivity index (χ4v) is 2.30. The summed E-state index contributed by atoms with van der Waals surface area (Å²) in [5.41, 5.74) is 1.69. The molecular formula is C12H12N2O2. The highest BCUT2D eigenvalue weighted by molar-refractivity contribution is 6.04. The lowest BCUT2D eigenvalue weighted by Gasteiger charge is -2.17. The van der Waals surface area contributed by atoms with Gasteiger partial charge in [-0.1, -0.05) is 12.1 Å². The Labute approximate surface area is 92.8 Å². The van der Waals surface area contributed by atoms with Gasteiger partial charge in [0, 0.05) is 18.5 Å². The first-order chi connectivity index (χ1) is 7.83. The average Bonchev–Trinajstić information content (AvgIpc) is 2.65. The maximum Gasteiger partial charge on any atom is 0.271 e. The largest absolute Gasteiger partial charge is 0.494 e. The second-order valence-corrected chi connectivity index (χ2v) is 3.81. The van der Waals surface area contributed by atoms with Gasteiger partial charge in [0.25, 0.3) is 5.91 Å². The van der Waals surface area contributed by atoms with Crippen LogP contribution in [0.2, 0.25) is 0 Å². The van der Waals surface area contributed by atoms with Crippen LogP contribution in [0.15, 0.2) is 24.3 Å². The number of methoxy groups -OCH3 is 1. The number of fused-ring (bicyclic) bond motifs is 3. The van der Waals surface area contributed by atoms with Gasteiger partial charge in [0.1, 0.15) is 0 Å². The molecule has 16 heavy (non-hydrogen) atoms. The number of hydrogen-bond acceptors (Lipinski definition) is 2. The van der Waals surface area contributed by atoms with E-state index in [1.807, 2.05) is 28.8 Å². The summed E-state index contributed by atoms with van der Waals surface area (Å²) in [6.45, 7) is 1.47. The second kappa shape index (κ2) is 3.27. The van der Waals surface area contributed by atoms with Gasteiger partial charge in [-0.05, 0) is 12.1 Å². The monoisotopic (exact) mass is 216 g/mol. The highest BCUT2D eigenvalue weighted by Crippen LogP contribution is 2.33. The minimum absolute atomic E-state index is 0.0562. The third-order valence-corrected chi connectivity index (χ3v) is 2.96. The van der Waals surface area contributed by atoms with Crippen LogP contribution in [-0.2, 0) is 6.54 Å². The molecule has 0 fully saturated rings. The molecule has 1 amide bonds. The number of benzene rings is 1. The Kier molecular flexibility index (Phi) is 1.89. The number of ether oxygens (including phenoxy) is 1. The molecule has 1 aliphatic rings. The van der Waals surface area contributed by atoms with Crippen molar-refractivity contribution in [3.8, 4) is 5.75 Å². The molecule has 0 saturated carbocycles. The molecule has 0 atom stereocenters. The number of hydrogen-bond donors (Lipinski definition) is 1. The highest BCUT2D eigenvalue weighted by Gasteiger charge is 2.25. The van der Waals surface area contributed by atoms with Crippen molar-refractivity contribution < 1.29 is 9.53 Å². The minimum atomic E-state index is -0.0562. The van der Waals surface area contributed by atoms with E-state index in [0.29, 0.717) is 18.0 Å². The lowest BCUT2D eigenvalue weighted by Crippen LogP contribution is -2.35. The van der Waals surface area contributed by atoms with Crippen LogP contribution >= 0.6 is 0 Å². The predicted octanol–water partition coefficient (Wildman–Crippen LogP) is 1.39. The van der Waals surface area contributed by atoms with Crippen molar-refractivity contribution in [1.82, 2.24) is 9.88 Å². The Hall–Kier alpha value is -1.97. The Morgan fingerprint density at radius 2 is 2.19 bits per heavy atom. The summed E-state index contributed by atoms with van der Waals surface area (Å²) in [5, 5.41) is 3.83. The SMILES string of the molecule is COc1c2n(c3ccccc13)CCNC2=O. The zero-order valence-electron chi connectivity index (χ0n) is 8.99. The van der Waals surface area contributed by atoms with E-state index in [1.54, 1.807) is 7.11 Å². The molecule has 1 aromatic heterocycles. The highest BCUT2D eigenvalue weighted by atomic mass is 16.5. The summed E-state index contributed by atoms with van der Waals surface area (Å²) in [6.07, 6.45) is 0. The molecule has 4 nitrogen and oxygen atoms in total. The van der Waals surface area contributed by atoms with Gasteiger partial charge < -0.3 is 14.6 Å². The zero-order valence-corrected chi connectivity index (χ0v) is 8.99. The summed E-state index contributed by atoms with van der Waals surface area (Å²) < 4.78 is 7.38. The Balaban J connectivity index is 2.43. The Morgan fingerprint density at radius 3 is 3.00 bits per heavy atom. The van der Waals surface area contributed by atoms with E-state index >= 15 is 0 Å². The molecular weight excluding hydrogens is 204 g/mol. The van der Waals surface area contributed by atoms with Gasteiger partial charge >= 0.3 is 0 Å². The van der Waals surface area contributed by atoms with Crippen LogP contribution in [0.25, 0.3) is 10.9 Å². The summed E-state index contributed by atoms with van der Waals surface area (Å²) in [6, 6.07) is 7.92. The van der Waals surface area contributed by atoms with Gasteiger partial charge in [-0.2, -0.15) is 0 Å². The third kappa shape index (κ3) is 1.07. The van der Waals surface area contributed by atoms with E-state index in [4.69, 9.17) is 4.74 Å². The van der Waals surface area contributed by atoms with E-state index in [1.165, 1.54) is 0 Å². The molecule has 0 aliphatic carbocycles. The second-order valence-electron chi connectivity index (χ2n) is 3.81. The molecule has 0 unspecified atom stereocenters. The summed E-state index contributed by atoms with van der Waals surface area (Å²) in [4.78, 5) is 11.8. The van der Waals surface area contributed by atoms with Gasteiger partial charge in [0.15, 0.2) is 11.4 Å². The molecule has 0 bridgehead atoms. The van der Waals surface area contributed by atoms with Crippen molar-refractivity contribution in [2.24, 2.45) is 0 Å². The molecule has 3 rings (SSSR count). The molecule has 2 aromatic rings. The van der Waals surface area contributed by atoms with Gasteiger partial charge in [-0.3, -0.25) is 4.79 Å². The Bertz CT molecular complexity index is 539. The van der Waals surface area contributed by atoms with Gasteiger partial charge in [-0.15, -0.1) is 0 Å².